The number of halogens is 3. The standard InChI is InChI=1S/C14H9ClF2N2O3/c15-7-4-5-10(11(20)6-7)18-14(22)19-13(21)12-8(16)2-1-3-9(12)17/h1-6,20H,(H2,18,19,21,22). The fourth-order valence-corrected chi connectivity index (χ4v) is 1.81. The molecule has 8 heteroatoms. The molecule has 0 fully saturated rings. The van der Waals surface area contributed by atoms with Crippen LogP contribution in [0.1, 0.15) is 10.4 Å². The van der Waals surface area contributed by atoms with Crippen LogP contribution in [-0.4, -0.2) is 17.0 Å². The van der Waals surface area contributed by atoms with Crippen molar-refractivity contribution in [2.45, 2.75) is 0 Å². The molecule has 0 saturated heterocycles. The van der Waals surface area contributed by atoms with Crippen LogP contribution >= 0.6 is 11.6 Å². The van der Waals surface area contributed by atoms with Crippen molar-refractivity contribution in [1.82, 2.24) is 5.32 Å². The highest BCUT2D eigenvalue weighted by molar-refractivity contribution is 6.30. The summed E-state index contributed by atoms with van der Waals surface area (Å²) in [5.74, 6) is -3.77. The first-order valence-electron chi connectivity index (χ1n) is 5.93. The number of aromatic hydroxyl groups is 1. The van der Waals surface area contributed by atoms with Gasteiger partial charge in [0.15, 0.2) is 0 Å². The first kappa shape index (κ1) is 15.7. The maximum Gasteiger partial charge on any atom is 0.326 e. The van der Waals surface area contributed by atoms with Crippen molar-refractivity contribution in [2.75, 3.05) is 5.32 Å². The van der Waals surface area contributed by atoms with Crippen molar-refractivity contribution < 1.29 is 23.5 Å². The molecule has 0 aliphatic heterocycles. The number of urea groups is 1. The zero-order chi connectivity index (χ0) is 16.3. The fraction of sp³-hybridized carbons (Fsp3) is 0. The molecule has 0 bridgehead atoms. The second kappa shape index (κ2) is 6.40. The molecule has 3 amide bonds. The molecule has 0 unspecified atom stereocenters. The summed E-state index contributed by atoms with van der Waals surface area (Å²) in [6.45, 7) is 0. The molecule has 5 nitrogen and oxygen atoms in total. The quantitative estimate of drug-likeness (QED) is 0.741. The second-order valence-electron chi connectivity index (χ2n) is 4.17. The molecular weight excluding hydrogens is 318 g/mol. The van der Waals surface area contributed by atoms with Crippen LogP contribution in [0.15, 0.2) is 36.4 Å². The molecule has 0 atom stereocenters. The molecule has 22 heavy (non-hydrogen) atoms. The van der Waals surface area contributed by atoms with Crippen molar-refractivity contribution in [3.63, 3.8) is 0 Å². The zero-order valence-electron chi connectivity index (χ0n) is 10.9. The second-order valence-corrected chi connectivity index (χ2v) is 4.60. The number of amides is 3. The van der Waals surface area contributed by atoms with E-state index < -0.39 is 29.1 Å². The van der Waals surface area contributed by atoms with E-state index >= 15 is 0 Å². The summed E-state index contributed by atoms with van der Waals surface area (Å²) < 4.78 is 26.8. The number of hydrogen-bond acceptors (Lipinski definition) is 3. The van der Waals surface area contributed by atoms with Crippen molar-refractivity contribution in [1.29, 1.82) is 0 Å². The van der Waals surface area contributed by atoms with Crippen LogP contribution in [0.4, 0.5) is 19.3 Å². The first-order valence-corrected chi connectivity index (χ1v) is 6.31. The largest absolute Gasteiger partial charge is 0.506 e. The summed E-state index contributed by atoms with van der Waals surface area (Å²) in [5.41, 5.74) is -0.901. The highest BCUT2D eigenvalue weighted by Crippen LogP contribution is 2.26. The highest BCUT2D eigenvalue weighted by atomic mass is 35.5. The van der Waals surface area contributed by atoms with Gasteiger partial charge in [0.05, 0.1) is 5.69 Å². The van der Waals surface area contributed by atoms with E-state index in [-0.39, 0.29) is 16.5 Å². The molecule has 114 valence electrons. The number of rotatable bonds is 2. The molecule has 0 spiro atoms. The number of carbonyl (C=O) groups excluding carboxylic acids is 2. The molecule has 0 radical (unpaired) electrons. The van der Waals surface area contributed by atoms with E-state index in [4.69, 9.17) is 11.6 Å². The Hall–Kier alpha value is -2.67. The fourth-order valence-electron chi connectivity index (χ4n) is 1.64. The molecule has 2 rings (SSSR count). The SMILES string of the molecule is O=C(NC(=O)c1c(F)cccc1F)Nc1ccc(Cl)cc1O. The van der Waals surface area contributed by atoms with Crippen molar-refractivity contribution in [2.24, 2.45) is 0 Å². The van der Waals surface area contributed by atoms with Gasteiger partial charge in [-0.15, -0.1) is 0 Å². The van der Waals surface area contributed by atoms with Gasteiger partial charge in [-0.3, -0.25) is 10.1 Å². The van der Waals surface area contributed by atoms with Crippen LogP contribution in [0.3, 0.4) is 0 Å². The molecule has 2 aromatic rings. The smallest absolute Gasteiger partial charge is 0.326 e. The number of imide groups is 1. The third kappa shape index (κ3) is 3.50. The third-order valence-corrected chi connectivity index (χ3v) is 2.86. The molecular formula is C14H9ClF2N2O3. The van der Waals surface area contributed by atoms with Gasteiger partial charge in [0, 0.05) is 11.1 Å². The zero-order valence-corrected chi connectivity index (χ0v) is 11.6. The Labute approximate surface area is 128 Å². The van der Waals surface area contributed by atoms with E-state index in [0.717, 1.165) is 18.2 Å². The van der Waals surface area contributed by atoms with Gasteiger partial charge in [-0.2, -0.15) is 0 Å². The number of nitrogens with one attached hydrogen (secondary N) is 2. The summed E-state index contributed by atoms with van der Waals surface area (Å²) in [6.07, 6.45) is 0. The first-order chi connectivity index (χ1) is 10.4. The van der Waals surface area contributed by atoms with E-state index in [0.29, 0.717) is 0 Å². The minimum absolute atomic E-state index is 0.0243. The van der Waals surface area contributed by atoms with Gasteiger partial charge in [-0.25, -0.2) is 13.6 Å². The highest BCUT2D eigenvalue weighted by Gasteiger charge is 2.19. The van der Waals surface area contributed by atoms with Crippen LogP contribution in [0.5, 0.6) is 5.75 Å². The summed E-state index contributed by atoms with van der Waals surface area (Å²) >= 11 is 5.63. The van der Waals surface area contributed by atoms with E-state index in [1.54, 1.807) is 5.32 Å². The van der Waals surface area contributed by atoms with Crippen molar-refractivity contribution in [3.8, 4) is 5.75 Å². The van der Waals surface area contributed by atoms with Gasteiger partial charge < -0.3 is 10.4 Å². The number of anilines is 1. The predicted molar refractivity (Wildman–Crippen MR) is 76.0 cm³/mol. The lowest BCUT2D eigenvalue weighted by molar-refractivity contribution is 0.0959. The molecule has 3 N–H and O–H groups in total. The van der Waals surface area contributed by atoms with Crippen LogP contribution < -0.4 is 10.6 Å². The number of phenols is 1. The Balaban J connectivity index is 2.10. The van der Waals surface area contributed by atoms with Crippen LogP contribution in [0.2, 0.25) is 5.02 Å². The lowest BCUT2D eigenvalue weighted by Crippen LogP contribution is -2.35. The maximum atomic E-state index is 13.4. The average molecular weight is 327 g/mol. The van der Waals surface area contributed by atoms with Crippen LogP contribution in [-0.2, 0) is 0 Å². The van der Waals surface area contributed by atoms with Crippen molar-refractivity contribution >= 4 is 29.2 Å². The topological polar surface area (TPSA) is 78.4 Å². The summed E-state index contributed by atoms with van der Waals surface area (Å²) in [4.78, 5) is 23.3. The summed E-state index contributed by atoms with van der Waals surface area (Å²) in [5, 5.41) is 13.7. The number of benzene rings is 2. The predicted octanol–water partition coefficient (Wildman–Crippen LogP) is 3.29. The van der Waals surface area contributed by atoms with E-state index in [9.17, 15) is 23.5 Å². The number of carbonyl (C=O) groups is 2. The summed E-state index contributed by atoms with van der Waals surface area (Å²) in [6, 6.07) is 5.68. The Morgan fingerprint density at radius 3 is 2.32 bits per heavy atom. The normalized spacial score (nSPS) is 10.1. The molecule has 0 saturated carbocycles. The van der Waals surface area contributed by atoms with Gasteiger partial charge in [0.25, 0.3) is 5.91 Å². The minimum Gasteiger partial charge on any atom is -0.506 e. The van der Waals surface area contributed by atoms with Gasteiger partial charge in [-0.1, -0.05) is 17.7 Å². The Morgan fingerprint density at radius 1 is 1.09 bits per heavy atom. The van der Waals surface area contributed by atoms with E-state index in [1.807, 2.05) is 0 Å². The molecule has 0 aliphatic carbocycles. The number of phenolic OH excluding ortho intramolecular Hbond substituents is 1. The van der Waals surface area contributed by atoms with Gasteiger partial charge >= 0.3 is 6.03 Å². The van der Waals surface area contributed by atoms with Crippen molar-refractivity contribution in [3.05, 3.63) is 58.6 Å². The van der Waals surface area contributed by atoms with Crippen LogP contribution in [0, 0.1) is 11.6 Å². The average Bonchev–Trinajstić information content (AvgIpc) is 2.41. The monoisotopic (exact) mass is 326 g/mol. The Bertz CT molecular complexity index is 733. The van der Waals surface area contributed by atoms with E-state index in [2.05, 4.69) is 5.32 Å². The lowest BCUT2D eigenvalue weighted by Gasteiger charge is -2.09. The van der Waals surface area contributed by atoms with Gasteiger partial charge in [-0.05, 0) is 24.3 Å². The van der Waals surface area contributed by atoms with E-state index in [1.165, 1.54) is 18.2 Å². The lowest BCUT2D eigenvalue weighted by atomic mass is 10.2. The Kier molecular flexibility index (Phi) is 4.57. The molecule has 0 aliphatic rings. The van der Waals surface area contributed by atoms with Gasteiger partial charge in [0.1, 0.15) is 22.9 Å². The third-order valence-electron chi connectivity index (χ3n) is 2.62. The Morgan fingerprint density at radius 2 is 1.73 bits per heavy atom. The molecule has 0 aromatic heterocycles. The van der Waals surface area contributed by atoms with Crippen LogP contribution in [0.25, 0.3) is 0 Å². The minimum atomic E-state index is -1.25. The number of hydrogen-bond donors (Lipinski definition) is 3. The molecule has 2 aromatic carbocycles. The maximum absolute atomic E-state index is 13.4. The van der Waals surface area contributed by atoms with Gasteiger partial charge in [0.2, 0.25) is 0 Å². The molecule has 0 heterocycles. The summed E-state index contributed by atoms with van der Waals surface area (Å²) in [7, 11) is 0.